The molecule has 2 N–H and O–H groups in total. The van der Waals surface area contributed by atoms with E-state index in [0.717, 1.165) is 11.3 Å². The minimum atomic E-state index is -1.03. The molecular weight excluding hydrogens is 256 g/mol. The van der Waals surface area contributed by atoms with E-state index in [1.165, 1.54) is 0 Å². The van der Waals surface area contributed by atoms with E-state index in [9.17, 15) is 9.59 Å². The van der Waals surface area contributed by atoms with Gasteiger partial charge in [0.2, 0.25) is 0 Å². The number of nitrogens with zero attached hydrogens (tertiary/aromatic N) is 2. The Bertz CT molecular complexity index is 669. The van der Waals surface area contributed by atoms with Crippen molar-refractivity contribution >= 4 is 11.9 Å². The zero-order valence-electron chi connectivity index (χ0n) is 10.8. The number of imide groups is 1. The highest BCUT2D eigenvalue weighted by atomic mass is 16.2. The highest BCUT2D eigenvalue weighted by molar-refractivity contribution is 6.07. The summed E-state index contributed by atoms with van der Waals surface area (Å²) < 4.78 is 0. The highest BCUT2D eigenvalue weighted by Crippen LogP contribution is 2.26. The van der Waals surface area contributed by atoms with Crippen LogP contribution in [0.25, 0.3) is 11.3 Å². The van der Waals surface area contributed by atoms with E-state index < -0.39 is 11.6 Å². The van der Waals surface area contributed by atoms with E-state index in [1.807, 2.05) is 12.1 Å². The molecule has 0 bridgehead atoms. The van der Waals surface area contributed by atoms with Gasteiger partial charge in [0.25, 0.3) is 5.91 Å². The Kier molecular flexibility index (Phi) is 2.71. The number of aromatic nitrogens is 2. The van der Waals surface area contributed by atoms with Crippen LogP contribution in [-0.2, 0) is 10.3 Å². The van der Waals surface area contributed by atoms with Gasteiger partial charge in [-0.1, -0.05) is 24.3 Å². The lowest BCUT2D eigenvalue weighted by Crippen LogP contribution is -2.40. The molecule has 2 aromatic rings. The van der Waals surface area contributed by atoms with Gasteiger partial charge in [-0.05, 0) is 12.5 Å². The van der Waals surface area contributed by atoms with Gasteiger partial charge >= 0.3 is 6.03 Å². The molecule has 3 amide bonds. The molecule has 2 heterocycles. The lowest BCUT2D eigenvalue weighted by Gasteiger charge is -2.21. The van der Waals surface area contributed by atoms with E-state index in [2.05, 4.69) is 20.6 Å². The number of carbonyl (C=O) groups is 2. The van der Waals surface area contributed by atoms with Gasteiger partial charge in [-0.2, -0.15) is 0 Å². The van der Waals surface area contributed by atoms with Gasteiger partial charge in [-0.25, -0.2) is 4.79 Å². The van der Waals surface area contributed by atoms with Crippen LogP contribution in [-0.4, -0.2) is 21.9 Å². The summed E-state index contributed by atoms with van der Waals surface area (Å²) in [6.07, 6.45) is 4.90. The number of hydrogen-bond acceptors (Lipinski definition) is 4. The van der Waals surface area contributed by atoms with Crippen molar-refractivity contribution in [1.82, 2.24) is 20.6 Å². The highest BCUT2D eigenvalue weighted by Gasteiger charge is 2.43. The van der Waals surface area contributed by atoms with Crippen molar-refractivity contribution in [3.8, 4) is 11.3 Å². The maximum absolute atomic E-state index is 11.8. The van der Waals surface area contributed by atoms with E-state index in [1.54, 1.807) is 37.6 Å². The molecular formula is C14H12N4O2. The van der Waals surface area contributed by atoms with Gasteiger partial charge in [-0.3, -0.25) is 20.1 Å². The van der Waals surface area contributed by atoms with Gasteiger partial charge in [-0.15, -0.1) is 0 Å². The average Bonchev–Trinajstić information content (AvgIpc) is 2.74. The summed E-state index contributed by atoms with van der Waals surface area (Å²) in [4.78, 5) is 31.3. The molecule has 1 atom stereocenters. The Morgan fingerprint density at radius 1 is 1.10 bits per heavy atom. The fourth-order valence-corrected chi connectivity index (χ4v) is 2.17. The minimum absolute atomic E-state index is 0.352. The third kappa shape index (κ3) is 1.91. The van der Waals surface area contributed by atoms with Crippen LogP contribution >= 0.6 is 0 Å². The summed E-state index contributed by atoms with van der Waals surface area (Å²) in [5.41, 5.74) is 1.34. The van der Waals surface area contributed by atoms with Crippen molar-refractivity contribution < 1.29 is 9.59 Å². The minimum Gasteiger partial charge on any atom is -0.320 e. The van der Waals surface area contributed by atoms with E-state index in [-0.39, 0.29) is 5.91 Å². The van der Waals surface area contributed by atoms with Crippen LogP contribution in [0, 0.1) is 0 Å². The van der Waals surface area contributed by atoms with Crippen LogP contribution in [0.1, 0.15) is 12.5 Å². The van der Waals surface area contributed by atoms with Crippen LogP contribution < -0.4 is 10.6 Å². The first-order valence-electron chi connectivity index (χ1n) is 6.10. The number of carbonyl (C=O) groups excluding carboxylic acids is 2. The van der Waals surface area contributed by atoms with Gasteiger partial charge in [0.15, 0.2) is 0 Å². The molecule has 1 aliphatic heterocycles. The molecule has 3 rings (SSSR count). The Morgan fingerprint density at radius 3 is 2.40 bits per heavy atom. The molecule has 1 aliphatic rings. The smallest absolute Gasteiger partial charge is 0.320 e. The normalized spacial score (nSPS) is 21.4. The monoisotopic (exact) mass is 268 g/mol. The number of rotatable bonds is 2. The van der Waals surface area contributed by atoms with Gasteiger partial charge in [0, 0.05) is 18.0 Å². The van der Waals surface area contributed by atoms with Crippen LogP contribution in [0.2, 0.25) is 0 Å². The van der Waals surface area contributed by atoms with Gasteiger partial charge in [0.05, 0.1) is 11.9 Å². The fourth-order valence-electron chi connectivity index (χ4n) is 2.17. The Balaban J connectivity index is 1.94. The van der Waals surface area contributed by atoms with Crippen molar-refractivity contribution in [1.29, 1.82) is 0 Å². The van der Waals surface area contributed by atoms with Crippen molar-refractivity contribution in [3.63, 3.8) is 0 Å². The predicted molar refractivity (Wildman–Crippen MR) is 71.5 cm³/mol. The maximum Gasteiger partial charge on any atom is 0.322 e. The molecule has 1 aromatic carbocycles. The third-order valence-electron chi connectivity index (χ3n) is 3.37. The fraction of sp³-hybridized carbons (Fsp3) is 0.143. The second-order valence-electron chi connectivity index (χ2n) is 4.70. The maximum atomic E-state index is 11.8. The molecule has 0 aliphatic carbocycles. The first-order valence-corrected chi connectivity index (χ1v) is 6.10. The number of urea groups is 1. The van der Waals surface area contributed by atoms with Crippen LogP contribution in [0.15, 0.2) is 42.9 Å². The molecule has 0 unspecified atom stereocenters. The zero-order valence-corrected chi connectivity index (χ0v) is 10.8. The van der Waals surface area contributed by atoms with Crippen molar-refractivity contribution in [3.05, 3.63) is 48.4 Å². The SMILES string of the molecule is C[C@]1(c2ccc(-c3cnccn3)cc2)NC(=O)NC1=O. The molecule has 1 aromatic heterocycles. The molecule has 20 heavy (non-hydrogen) atoms. The van der Waals surface area contributed by atoms with Gasteiger partial charge in [0.1, 0.15) is 5.54 Å². The van der Waals surface area contributed by atoms with E-state index in [0.29, 0.717) is 5.56 Å². The Morgan fingerprint density at radius 2 is 1.85 bits per heavy atom. The van der Waals surface area contributed by atoms with E-state index in [4.69, 9.17) is 0 Å². The average molecular weight is 268 g/mol. The summed E-state index contributed by atoms with van der Waals surface area (Å²) in [7, 11) is 0. The van der Waals surface area contributed by atoms with E-state index >= 15 is 0 Å². The standard InChI is InChI=1S/C14H12N4O2/c1-14(12(19)17-13(20)18-14)10-4-2-9(3-5-10)11-8-15-6-7-16-11/h2-8H,1H3,(H2,17,18,19,20)/t14-/m1/s1. The van der Waals surface area contributed by atoms with Gasteiger partial charge < -0.3 is 5.32 Å². The molecule has 0 radical (unpaired) electrons. The third-order valence-corrected chi connectivity index (χ3v) is 3.37. The summed E-state index contributed by atoms with van der Waals surface area (Å²) in [6, 6.07) is 6.82. The summed E-state index contributed by atoms with van der Waals surface area (Å²) in [5.74, 6) is -0.352. The van der Waals surface area contributed by atoms with Crippen LogP contribution in [0.5, 0.6) is 0 Å². The molecule has 0 spiro atoms. The lowest BCUT2D eigenvalue weighted by atomic mass is 9.91. The molecule has 100 valence electrons. The topological polar surface area (TPSA) is 84.0 Å². The number of hydrogen-bond donors (Lipinski definition) is 2. The second kappa shape index (κ2) is 4.41. The molecule has 6 heteroatoms. The van der Waals surface area contributed by atoms with Crippen molar-refractivity contribution in [2.75, 3.05) is 0 Å². The lowest BCUT2D eigenvalue weighted by molar-refractivity contribution is -0.123. The first-order chi connectivity index (χ1) is 9.59. The zero-order chi connectivity index (χ0) is 14.2. The van der Waals surface area contributed by atoms with Crippen LogP contribution in [0.3, 0.4) is 0 Å². The van der Waals surface area contributed by atoms with Crippen LogP contribution in [0.4, 0.5) is 4.79 Å². The first kappa shape index (κ1) is 12.3. The summed E-state index contributed by atoms with van der Waals surface area (Å²) in [6.45, 7) is 1.67. The summed E-state index contributed by atoms with van der Waals surface area (Å²) in [5, 5.41) is 4.87. The molecule has 0 saturated carbocycles. The Hall–Kier alpha value is -2.76. The van der Waals surface area contributed by atoms with Crippen molar-refractivity contribution in [2.45, 2.75) is 12.5 Å². The molecule has 1 fully saturated rings. The molecule has 6 nitrogen and oxygen atoms in total. The summed E-state index contributed by atoms with van der Waals surface area (Å²) >= 11 is 0. The largest absolute Gasteiger partial charge is 0.322 e. The quantitative estimate of drug-likeness (QED) is 0.801. The molecule has 1 saturated heterocycles. The second-order valence-corrected chi connectivity index (χ2v) is 4.70. The Labute approximate surface area is 115 Å². The predicted octanol–water partition coefficient (Wildman–Crippen LogP) is 1.20. The number of nitrogens with one attached hydrogen (secondary N) is 2. The number of benzene rings is 1. The van der Waals surface area contributed by atoms with Crippen molar-refractivity contribution in [2.24, 2.45) is 0 Å². The number of amides is 3.